The topological polar surface area (TPSA) is 50.8 Å². The first kappa shape index (κ1) is 20.7. The monoisotopic (exact) mass is 386 g/mol. The molecule has 1 atom stereocenters. The van der Waals surface area contributed by atoms with E-state index in [2.05, 4.69) is 12.2 Å². The van der Waals surface area contributed by atoms with Crippen molar-refractivity contribution in [2.45, 2.75) is 26.3 Å². The Morgan fingerprint density at radius 2 is 1.56 bits per heavy atom. The van der Waals surface area contributed by atoms with E-state index in [1.807, 2.05) is 36.1 Å². The largest absolute Gasteiger partial charge is 0.497 e. The van der Waals surface area contributed by atoms with Gasteiger partial charge in [-0.25, -0.2) is 0 Å². The van der Waals surface area contributed by atoms with E-state index in [1.165, 1.54) is 5.56 Å². The fraction of sp³-hybridized carbons (Fsp3) is 0.333. The number of likely N-dealkylation sites (N-methyl/N-ethyl adjacent to an activating group) is 1. The van der Waals surface area contributed by atoms with Gasteiger partial charge in [0.05, 0.1) is 14.2 Å². The van der Waals surface area contributed by atoms with Crippen LogP contribution in [0.2, 0.25) is 0 Å². The molecule has 0 radical (unpaired) electrons. The van der Waals surface area contributed by atoms with E-state index in [9.17, 15) is 4.79 Å². The maximum absolute atomic E-state index is 12.4. The minimum absolute atomic E-state index is 0.145. The van der Waals surface area contributed by atoms with Gasteiger partial charge in [0.15, 0.2) is 5.11 Å². The zero-order valence-electron chi connectivity index (χ0n) is 16.2. The SMILES string of the molecule is CCN(C(=S)NC(=O)c1ccc(OC)cc1)C(C)Cc1ccc(OC)cc1. The van der Waals surface area contributed by atoms with Gasteiger partial charge in [-0.1, -0.05) is 12.1 Å². The number of carbonyl (C=O) groups is 1. The molecule has 0 aliphatic carbocycles. The molecule has 0 aliphatic rings. The summed E-state index contributed by atoms with van der Waals surface area (Å²) >= 11 is 5.48. The number of hydrogen-bond acceptors (Lipinski definition) is 4. The Morgan fingerprint density at radius 3 is 2.04 bits per heavy atom. The van der Waals surface area contributed by atoms with E-state index < -0.39 is 0 Å². The number of rotatable bonds is 7. The van der Waals surface area contributed by atoms with Crippen LogP contribution in [-0.4, -0.2) is 42.7 Å². The Labute approximate surface area is 166 Å². The molecular weight excluding hydrogens is 360 g/mol. The van der Waals surface area contributed by atoms with E-state index in [-0.39, 0.29) is 11.9 Å². The van der Waals surface area contributed by atoms with Crippen LogP contribution in [0.5, 0.6) is 11.5 Å². The summed E-state index contributed by atoms with van der Waals surface area (Å²) in [6.07, 6.45) is 0.816. The number of nitrogens with zero attached hydrogens (tertiary/aromatic N) is 1. The van der Waals surface area contributed by atoms with Gasteiger partial charge in [0, 0.05) is 18.2 Å². The summed E-state index contributed by atoms with van der Waals surface area (Å²) in [5, 5.41) is 3.26. The Bertz CT molecular complexity index is 760. The Morgan fingerprint density at radius 1 is 1.04 bits per heavy atom. The summed E-state index contributed by atoms with van der Waals surface area (Å²) in [4.78, 5) is 14.5. The highest BCUT2D eigenvalue weighted by atomic mass is 32.1. The lowest BCUT2D eigenvalue weighted by atomic mass is 10.1. The number of nitrogens with one attached hydrogen (secondary N) is 1. The Balaban J connectivity index is 1.99. The van der Waals surface area contributed by atoms with E-state index >= 15 is 0 Å². The lowest BCUT2D eigenvalue weighted by Crippen LogP contribution is -2.47. The Kier molecular flexibility index (Phi) is 7.61. The first-order valence-electron chi connectivity index (χ1n) is 8.87. The lowest BCUT2D eigenvalue weighted by molar-refractivity contribution is 0.0972. The van der Waals surface area contributed by atoms with Crippen LogP contribution >= 0.6 is 12.2 Å². The fourth-order valence-electron chi connectivity index (χ4n) is 2.85. The van der Waals surface area contributed by atoms with E-state index in [1.54, 1.807) is 38.5 Å². The molecule has 2 aromatic rings. The number of benzene rings is 2. The van der Waals surface area contributed by atoms with Crippen molar-refractivity contribution < 1.29 is 14.3 Å². The van der Waals surface area contributed by atoms with Crippen molar-refractivity contribution >= 4 is 23.2 Å². The highest BCUT2D eigenvalue weighted by molar-refractivity contribution is 7.80. The van der Waals surface area contributed by atoms with Crippen LogP contribution in [0.3, 0.4) is 0 Å². The molecule has 0 saturated carbocycles. The highest BCUT2D eigenvalue weighted by Crippen LogP contribution is 2.15. The van der Waals surface area contributed by atoms with Gasteiger partial charge in [-0.05, 0) is 74.4 Å². The molecular formula is C21H26N2O3S. The number of thiocarbonyl (C=S) groups is 1. The van der Waals surface area contributed by atoms with Gasteiger partial charge >= 0.3 is 0 Å². The molecule has 2 rings (SSSR count). The highest BCUT2D eigenvalue weighted by Gasteiger charge is 2.18. The smallest absolute Gasteiger partial charge is 0.257 e. The van der Waals surface area contributed by atoms with Gasteiger partial charge in [0.1, 0.15) is 11.5 Å². The van der Waals surface area contributed by atoms with Crippen molar-refractivity contribution in [2.75, 3.05) is 20.8 Å². The minimum atomic E-state index is -0.224. The number of hydrogen-bond donors (Lipinski definition) is 1. The maximum atomic E-state index is 12.4. The average molecular weight is 387 g/mol. The second-order valence-corrected chi connectivity index (χ2v) is 6.56. The van der Waals surface area contributed by atoms with Crippen LogP contribution in [0, 0.1) is 0 Å². The van der Waals surface area contributed by atoms with Crippen molar-refractivity contribution in [3.05, 3.63) is 59.7 Å². The molecule has 27 heavy (non-hydrogen) atoms. The van der Waals surface area contributed by atoms with Crippen LogP contribution < -0.4 is 14.8 Å². The summed E-state index contributed by atoms with van der Waals surface area (Å²) in [6.45, 7) is 4.83. The first-order valence-corrected chi connectivity index (χ1v) is 9.28. The summed E-state index contributed by atoms with van der Waals surface area (Å²) < 4.78 is 10.3. The third-order valence-electron chi connectivity index (χ3n) is 4.40. The third kappa shape index (κ3) is 5.69. The molecule has 0 saturated heterocycles. The predicted molar refractivity (Wildman–Crippen MR) is 112 cm³/mol. The number of carbonyl (C=O) groups excluding carboxylic acids is 1. The molecule has 0 heterocycles. The van der Waals surface area contributed by atoms with E-state index in [0.717, 1.165) is 12.2 Å². The van der Waals surface area contributed by atoms with Crippen molar-refractivity contribution in [2.24, 2.45) is 0 Å². The van der Waals surface area contributed by atoms with Gasteiger partial charge in [-0.15, -0.1) is 0 Å². The van der Waals surface area contributed by atoms with Crippen molar-refractivity contribution in [3.8, 4) is 11.5 Å². The van der Waals surface area contributed by atoms with Crippen molar-refractivity contribution in [3.63, 3.8) is 0 Å². The molecule has 5 nitrogen and oxygen atoms in total. The summed E-state index contributed by atoms with van der Waals surface area (Å²) in [7, 11) is 3.24. The maximum Gasteiger partial charge on any atom is 0.257 e. The molecule has 0 aromatic heterocycles. The molecule has 1 N–H and O–H groups in total. The normalized spacial score (nSPS) is 11.4. The molecule has 2 aromatic carbocycles. The molecule has 1 unspecified atom stereocenters. The third-order valence-corrected chi connectivity index (χ3v) is 4.73. The van der Waals surface area contributed by atoms with E-state index in [4.69, 9.17) is 21.7 Å². The van der Waals surface area contributed by atoms with Crippen molar-refractivity contribution in [1.82, 2.24) is 10.2 Å². The number of amides is 1. The van der Waals surface area contributed by atoms with Gasteiger partial charge in [0.2, 0.25) is 0 Å². The molecule has 0 spiro atoms. The zero-order chi connectivity index (χ0) is 19.8. The summed E-state index contributed by atoms with van der Waals surface area (Å²) in [5.74, 6) is 1.32. The van der Waals surface area contributed by atoms with Crippen LogP contribution in [0.4, 0.5) is 0 Å². The molecule has 0 fully saturated rings. The van der Waals surface area contributed by atoms with Gasteiger partial charge in [0.25, 0.3) is 5.91 Å². The molecule has 6 heteroatoms. The molecule has 1 amide bonds. The van der Waals surface area contributed by atoms with Gasteiger partial charge in [-0.3, -0.25) is 10.1 Å². The summed E-state index contributed by atoms with van der Waals surface area (Å²) in [6, 6.07) is 15.1. The van der Waals surface area contributed by atoms with Crippen LogP contribution in [0.25, 0.3) is 0 Å². The van der Waals surface area contributed by atoms with Gasteiger partial charge in [-0.2, -0.15) is 0 Å². The molecule has 0 bridgehead atoms. The van der Waals surface area contributed by atoms with Crippen molar-refractivity contribution in [1.29, 1.82) is 0 Å². The standard InChI is InChI=1S/C21H26N2O3S/c1-5-23(15(2)14-16-6-10-18(25-3)11-7-16)21(27)22-20(24)17-8-12-19(26-4)13-9-17/h6-13,15H,5,14H2,1-4H3,(H,22,24,27). The summed E-state index contributed by atoms with van der Waals surface area (Å²) in [5.41, 5.74) is 1.73. The van der Waals surface area contributed by atoms with E-state index in [0.29, 0.717) is 23.0 Å². The lowest BCUT2D eigenvalue weighted by Gasteiger charge is -2.30. The zero-order valence-corrected chi connectivity index (χ0v) is 17.0. The Hall–Kier alpha value is -2.60. The molecule has 144 valence electrons. The second kappa shape index (κ2) is 9.92. The molecule has 0 aliphatic heterocycles. The second-order valence-electron chi connectivity index (χ2n) is 6.18. The minimum Gasteiger partial charge on any atom is -0.497 e. The van der Waals surface area contributed by atoms with Gasteiger partial charge < -0.3 is 14.4 Å². The number of ether oxygens (including phenoxy) is 2. The van der Waals surface area contributed by atoms with Crippen LogP contribution in [0.1, 0.15) is 29.8 Å². The quantitative estimate of drug-likeness (QED) is 0.736. The average Bonchev–Trinajstić information content (AvgIpc) is 2.69. The fourth-order valence-corrected chi connectivity index (χ4v) is 3.25. The predicted octanol–water partition coefficient (Wildman–Crippen LogP) is 3.67. The number of methoxy groups -OCH3 is 2. The first-order chi connectivity index (χ1) is 13.0. The van der Waals surface area contributed by atoms with Crippen LogP contribution in [-0.2, 0) is 6.42 Å². The van der Waals surface area contributed by atoms with Crippen LogP contribution in [0.15, 0.2) is 48.5 Å².